The molecule has 0 fully saturated rings. The molecular formula is C28H37Cl2NO5. The van der Waals surface area contributed by atoms with E-state index in [2.05, 4.69) is 32.6 Å². The summed E-state index contributed by atoms with van der Waals surface area (Å²) >= 11 is 12.1. The lowest BCUT2D eigenvalue weighted by Gasteiger charge is -2.32. The van der Waals surface area contributed by atoms with Gasteiger partial charge in [-0.3, -0.25) is 0 Å². The van der Waals surface area contributed by atoms with Crippen molar-refractivity contribution >= 4 is 35.1 Å². The van der Waals surface area contributed by atoms with E-state index in [1.165, 1.54) is 0 Å². The number of nitrogens with zero attached hydrogens (tertiary/aromatic N) is 1. The zero-order valence-corrected chi connectivity index (χ0v) is 22.8. The Balaban J connectivity index is 0.000000697. The topological polar surface area (TPSA) is 98.1 Å². The fourth-order valence-electron chi connectivity index (χ4n) is 3.90. The lowest BCUT2D eigenvalue weighted by molar-refractivity contribution is -0.134. The van der Waals surface area contributed by atoms with Crippen LogP contribution < -0.4 is 0 Å². The van der Waals surface area contributed by atoms with Crippen molar-refractivity contribution in [2.45, 2.75) is 46.1 Å². The molecule has 0 amide bonds. The van der Waals surface area contributed by atoms with Crippen molar-refractivity contribution in [3.05, 3.63) is 81.9 Å². The van der Waals surface area contributed by atoms with E-state index in [0.29, 0.717) is 40.5 Å². The Kier molecular flexibility index (Phi) is 13.8. The number of hydrogen-bond donors (Lipinski definition) is 3. The fourth-order valence-corrected chi connectivity index (χ4v) is 4.15. The maximum Gasteiger partial charge on any atom is 0.328 e. The maximum atomic E-state index is 11.7. The molecule has 2 aromatic rings. The summed E-state index contributed by atoms with van der Waals surface area (Å²) in [5.41, 5.74) is 0.660. The molecule has 0 heterocycles. The van der Waals surface area contributed by atoms with Gasteiger partial charge in [0.15, 0.2) is 0 Å². The summed E-state index contributed by atoms with van der Waals surface area (Å²) in [5.74, 6) is -1.25. The van der Waals surface area contributed by atoms with Crippen molar-refractivity contribution < 1.29 is 24.9 Å². The Hall–Kier alpha value is -2.38. The maximum absolute atomic E-state index is 11.7. The van der Waals surface area contributed by atoms with Gasteiger partial charge in [-0.15, -0.1) is 0 Å². The highest BCUT2D eigenvalue weighted by molar-refractivity contribution is 6.30. The van der Waals surface area contributed by atoms with Crippen molar-refractivity contribution in [2.75, 3.05) is 19.6 Å². The van der Waals surface area contributed by atoms with E-state index in [-0.39, 0.29) is 0 Å². The van der Waals surface area contributed by atoms with Crippen LogP contribution in [0.3, 0.4) is 0 Å². The van der Waals surface area contributed by atoms with Gasteiger partial charge in [0.1, 0.15) is 5.60 Å². The second-order valence-electron chi connectivity index (χ2n) is 9.53. The Morgan fingerprint density at radius 3 is 1.47 bits per heavy atom. The molecule has 0 aliphatic carbocycles. The van der Waals surface area contributed by atoms with Crippen LogP contribution in [0.2, 0.25) is 10.0 Å². The molecule has 0 unspecified atom stereocenters. The molecule has 0 spiro atoms. The number of aliphatic carboxylic acids is 2. The van der Waals surface area contributed by atoms with E-state index in [0.717, 1.165) is 37.2 Å². The molecule has 2 aromatic carbocycles. The number of carboxylic acids is 2. The van der Waals surface area contributed by atoms with Gasteiger partial charge in [-0.2, -0.15) is 0 Å². The molecule has 0 aromatic heterocycles. The average Bonchev–Trinajstić information content (AvgIpc) is 2.78. The molecule has 0 bridgehead atoms. The zero-order chi connectivity index (χ0) is 27.3. The van der Waals surface area contributed by atoms with Crippen LogP contribution in [0.5, 0.6) is 0 Å². The largest absolute Gasteiger partial charge is 0.478 e. The number of aliphatic hydroxyl groups is 1. The molecule has 6 nitrogen and oxygen atoms in total. The van der Waals surface area contributed by atoms with Crippen molar-refractivity contribution in [2.24, 2.45) is 11.8 Å². The van der Waals surface area contributed by atoms with Crippen molar-refractivity contribution in [3.8, 4) is 0 Å². The summed E-state index contributed by atoms with van der Waals surface area (Å²) < 4.78 is 0. The summed E-state index contributed by atoms with van der Waals surface area (Å²) in [4.78, 5) is 21.6. The van der Waals surface area contributed by atoms with Crippen molar-refractivity contribution in [1.29, 1.82) is 0 Å². The lowest BCUT2D eigenvalue weighted by atomic mass is 9.82. The van der Waals surface area contributed by atoms with Gasteiger partial charge in [0.05, 0.1) is 0 Å². The molecule has 0 saturated heterocycles. The van der Waals surface area contributed by atoms with Gasteiger partial charge >= 0.3 is 11.9 Å². The summed E-state index contributed by atoms with van der Waals surface area (Å²) in [6.07, 6.45) is 2.66. The van der Waals surface area contributed by atoms with Gasteiger partial charge in [0.2, 0.25) is 0 Å². The van der Waals surface area contributed by atoms with Crippen LogP contribution in [0.4, 0.5) is 0 Å². The van der Waals surface area contributed by atoms with Crippen LogP contribution in [-0.2, 0) is 15.2 Å². The first kappa shape index (κ1) is 31.6. The summed E-state index contributed by atoms with van der Waals surface area (Å²) in [7, 11) is 0. The van der Waals surface area contributed by atoms with Crippen LogP contribution in [0.1, 0.15) is 51.7 Å². The summed E-state index contributed by atoms with van der Waals surface area (Å²) in [6, 6.07) is 15.0. The van der Waals surface area contributed by atoms with Gasteiger partial charge in [0, 0.05) is 35.3 Å². The molecule has 8 heteroatoms. The number of rotatable bonds is 12. The number of benzene rings is 2. The third kappa shape index (κ3) is 12.0. The van der Waals surface area contributed by atoms with Crippen LogP contribution in [0.15, 0.2) is 60.7 Å². The van der Waals surface area contributed by atoms with E-state index in [1.54, 1.807) is 0 Å². The molecule has 36 heavy (non-hydrogen) atoms. The lowest BCUT2D eigenvalue weighted by Crippen LogP contribution is -2.34. The molecule has 198 valence electrons. The smallest absolute Gasteiger partial charge is 0.328 e. The van der Waals surface area contributed by atoms with E-state index in [4.69, 9.17) is 33.4 Å². The summed E-state index contributed by atoms with van der Waals surface area (Å²) in [6.45, 7) is 12.2. The zero-order valence-electron chi connectivity index (χ0n) is 21.3. The first-order valence-electron chi connectivity index (χ1n) is 11.9. The first-order chi connectivity index (χ1) is 16.8. The Morgan fingerprint density at radius 1 is 0.806 bits per heavy atom. The SMILES string of the molecule is CC(C)CN(CCCC(O)(c1ccc(Cl)cc1)c1ccc(Cl)cc1)CC(C)C.O=C(O)/C=C\C(=O)O. The molecule has 0 aliphatic rings. The molecule has 2 rings (SSSR count). The number of halogens is 2. The molecule has 0 atom stereocenters. The third-order valence-corrected chi connectivity index (χ3v) is 5.78. The van der Waals surface area contributed by atoms with Crippen LogP contribution in [-0.4, -0.2) is 51.8 Å². The highest BCUT2D eigenvalue weighted by Gasteiger charge is 2.31. The Bertz CT molecular complexity index is 901. The third-order valence-electron chi connectivity index (χ3n) is 5.27. The van der Waals surface area contributed by atoms with E-state index in [1.807, 2.05) is 48.5 Å². The average molecular weight is 539 g/mol. The van der Waals surface area contributed by atoms with Crippen molar-refractivity contribution in [3.63, 3.8) is 0 Å². The van der Waals surface area contributed by atoms with Gasteiger partial charge in [-0.1, -0.05) is 75.2 Å². The second-order valence-corrected chi connectivity index (χ2v) is 10.4. The van der Waals surface area contributed by atoms with Gasteiger partial charge in [-0.05, 0) is 66.6 Å². The summed E-state index contributed by atoms with van der Waals surface area (Å²) in [5, 5.41) is 28.7. The number of carboxylic acid groups (broad SMARTS) is 2. The normalized spacial score (nSPS) is 11.7. The number of hydrogen-bond acceptors (Lipinski definition) is 4. The first-order valence-corrected chi connectivity index (χ1v) is 12.7. The molecule has 0 aliphatic heterocycles. The van der Waals surface area contributed by atoms with E-state index >= 15 is 0 Å². The standard InChI is InChI=1S/C24H33Cl2NO.C4H4O4/c1-18(2)16-27(17-19(3)4)15-5-14-24(28,20-6-10-22(25)11-7-20)21-8-12-23(26)13-9-21;5-3(6)1-2-4(7)8/h6-13,18-19,28H,5,14-17H2,1-4H3;1-2H,(H,5,6)(H,7,8)/b;2-1-. The predicted molar refractivity (Wildman–Crippen MR) is 146 cm³/mol. The van der Waals surface area contributed by atoms with E-state index in [9.17, 15) is 14.7 Å². The minimum atomic E-state index is -1.26. The molecule has 3 N–H and O–H groups in total. The number of carbonyl (C=O) groups is 2. The predicted octanol–water partition coefficient (Wildman–Crippen LogP) is 6.34. The van der Waals surface area contributed by atoms with Crippen molar-refractivity contribution in [1.82, 2.24) is 4.90 Å². The van der Waals surface area contributed by atoms with Crippen LogP contribution in [0.25, 0.3) is 0 Å². The Morgan fingerprint density at radius 2 is 1.17 bits per heavy atom. The minimum Gasteiger partial charge on any atom is -0.478 e. The monoisotopic (exact) mass is 537 g/mol. The van der Waals surface area contributed by atoms with Crippen LogP contribution in [0, 0.1) is 11.8 Å². The fraction of sp³-hybridized carbons (Fsp3) is 0.429. The van der Waals surface area contributed by atoms with Gasteiger partial charge in [-0.25, -0.2) is 9.59 Å². The highest BCUT2D eigenvalue weighted by atomic mass is 35.5. The Labute approximate surface area is 224 Å². The molecule has 0 radical (unpaired) electrons. The highest BCUT2D eigenvalue weighted by Crippen LogP contribution is 2.35. The second kappa shape index (κ2) is 15.7. The van der Waals surface area contributed by atoms with Gasteiger partial charge in [0.25, 0.3) is 0 Å². The molecule has 0 saturated carbocycles. The quantitative estimate of drug-likeness (QED) is 0.273. The van der Waals surface area contributed by atoms with Gasteiger partial charge < -0.3 is 20.2 Å². The molecular weight excluding hydrogens is 501 g/mol. The minimum absolute atomic E-state index is 0.558. The van der Waals surface area contributed by atoms with E-state index < -0.39 is 17.5 Å². The van der Waals surface area contributed by atoms with Crippen LogP contribution >= 0.6 is 23.2 Å².